The van der Waals surface area contributed by atoms with Crippen LogP contribution < -0.4 is 9.84 Å². The second-order valence-electron chi connectivity index (χ2n) is 2.23. The maximum atomic E-state index is 10.5. The van der Waals surface area contributed by atoms with Crippen molar-refractivity contribution in [2.45, 2.75) is 0 Å². The number of benzene rings is 1. The van der Waals surface area contributed by atoms with Crippen LogP contribution in [0.4, 0.5) is 0 Å². The smallest absolute Gasteiger partial charge is 0.174 e. The number of nitrogens with zero attached hydrogens (tertiary/aromatic N) is 1. The van der Waals surface area contributed by atoms with Crippen LogP contribution in [0.25, 0.3) is 0 Å². The molecule has 0 spiro atoms. The minimum Gasteiger partial charge on any atom is -0.545 e. The van der Waals surface area contributed by atoms with Crippen LogP contribution in [-0.2, 0) is 0 Å². The number of carbonyl (C=O) groups is 1. The van der Waals surface area contributed by atoms with Gasteiger partial charge in [0.25, 0.3) is 0 Å². The molecule has 4 nitrogen and oxygen atoms in total. The van der Waals surface area contributed by atoms with Crippen LogP contribution in [0.15, 0.2) is 24.3 Å². The van der Waals surface area contributed by atoms with Gasteiger partial charge in [0.2, 0.25) is 0 Å². The van der Waals surface area contributed by atoms with Crippen molar-refractivity contribution in [1.29, 1.82) is 5.26 Å². The molecule has 0 aliphatic heterocycles. The maximum absolute atomic E-state index is 10.5. The van der Waals surface area contributed by atoms with Gasteiger partial charge in [0.05, 0.1) is 5.97 Å². The van der Waals surface area contributed by atoms with Crippen LogP contribution in [0.2, 0.25) is 0 Å². The van der Waals surface area contributed by atoms with Crippen molar-refractivity contribution in [3.63, 3.8) is 0 Å². The minimum atomic E-state index is -1.31. The van der Waals surface area contributed by atoms with E-state index in [1.165, 1.54) is 12.1 Å². The third-order valence-electron chi connectivity index (χ3n) is 1.40. The lowest BCUT2D eigenvalue weighted by molar-refractivity contribution is -0.255. The summed E-state index contributed by atoms with van der Waals surface area (Å²) in [6.07, 6.45) is 0. The van der Waals surface area contributed by atoms with Crippen molar-refractivity contribution in [3.05, 3.63) is 29.8 Å². The lowest BCUT2D eigenvalue weighted by Crippen LogP contribution is -2.23. The minimum absolute atomic E-state index is 0.0437. The Bertz CT molecular complexity index is 354. The topological polar surface area (TPSA) is 73.1 Å². The molecular weight excluding hydrogens is 170 g/mol. The number of carboxylic acids is 1. The molecule has 0 amide bonds. The van der Waals surface area contributed by atoms with E-state index in [1.807, 2.05) is 0 Å². The molecule has 0 saturated carbocycles. The molecule has 0 saturated heterocycles. The number of ether oxygens (including phenoxy) is 1. The molecule has 1 aromatic carbocycles. The molecule has 0 fully saturated rings. The van der Waals surface area contributed by atoms with Crippen LogP contribution in [0.5, 0.6) is 5.75 Å². The average Bonchev–Trinajstić information content (AvgIpc) is 2.15. The van der Waals surface area contributed by atoms with Crippen LogP contribution >= 0.6 is 0 Å². The first-order valence-electron chi connectivity index (χ1n) is 3.56. The summed E-state index contributed by atoms with van der Waals surface area (Å²) in [4.78, 5) is 10.5. The molecule has 0 radical (unpaired) electrons. The van der Waals surface area contributed by atoms with E-state index in [2.05, 4.69) is 0 Å². The number of carbonyl (C=O) groups excluding carboxylic acids is 1. The number of carboxylic acid groups (broad SMARTS) is 1. The zero-order valence-corrected chi connectivity index (χ0v) is 6.69. The summed E-state index contributed by atoms with van der Waals surface area (Å²) in [5, 5.41) is 18.7. The molecule has 1 rings (SSSR count). The standard InChI is InChI=1S/C9H7NO3/c10-5-6-13-8-4-2-1-3-7(8)9(11)12/h1-4H,6H2,(H,11,12)/p-1. The van der Waals surface area contributed by atoms with Crippen molar-refractivity contribution < 1.29 is 14.6 Å². The van der Waals surface area contributed by atoms with Gasteiger partial charge in [-0.2, -0.15) is 5.26 Å². The van der Waals surface area contributed by atoms with Crippen LogP contribution in [0.1, 0.15) is 10.4 Å². The average molecular weight is 176 g/mol. The van der Waals surface area contributed by atoms with E-state index in [0.29, 0.717) is 0 Å². The molecule has 1 aromatic rings. The Morgan fingerprint density at radius 3 is 2.85 bits per heavy atom. The fourth-order valence-electron chi connectivity index (χ4n) is 0.871. The number of rotatable bonds is 3. The quantitative estimate of drug-likeness (QED) is 0.647. The van der Waals surface area contributed by atoms with E-state index in [4.69, 9.17) is 10.00 Å². The Labute approximate surface area is 75.0 Å². The first-order chi connectivity index (χ1) is 6.25. The Hall–Kier alpha value is -2.02. The van der Waals surface area contributed by atoms with E-state index in [9.17, 15) is 9.90 Å². The normalized spacial score (nSPS) is 8.85. The second-order valence-corrected chi connectivity index (χ2v) is 2.23. The number of aromatic carboxylic acids is 1. The lowest BCUT2D eigenvalue weighted by Gasteiger charge is -2.08. The monoisotopic (exact) mass is 176 g/mol. The van der Waals surface area contributed by atoms with Crippen molar-refractivity contribution in [2.75, 3.05) is 6.61 Å². The van der Waals surface area contributed by atoms with E-state index >= 15 is 0 Å². The number of hydrogen-bond donors (Lipinski definition) is 0. The lowest BCUT2D eigenvalue weighted by atomic mass is 10.2. The Balaban J connectivity index is 2.92. The molecule has 4 heteroatoms. The van der Waals surface area contributed by atoms with Gasteiger partial charge >= 0.3 is 0 Å². The van der Waals surface area contributed by atoms with Gasteiger partial charge in [-0.3, -0.25) is 0 Å². The predicted molar refractivity (Wildman–Crippen MR) is 41.9 cm³/mol. The van der Waals surface area contributed by atoms with Crippen LogP contribution in [-0.4, -0.2) is 12.6 Å². The summed E-state index contributed by atoms with van der Waals surface area (Å²) < 4.78 is 4.87. The van der Waals surface area contributed by atoms with Crippen molar-refractivity contribution in [1.82, 2.24) is 0 Å². The third-order valence-corrected chi connectivity index (χ3v) is 1.40. The predicted octanol–water partition coefficient (Wildman–Crippen LogP) is -0.0475. The summed E-state index contributed by atoms with van der Waals surface area (Å²) in [6.45, 7) is -0.176. The largest absolute Gasteiger partial charge is 0.545 e. The molecule has 13 heavy (non-hydrogen) atoms. The molecule has 66 valence electrons. The van der Waals surface area contributed by atoms with Crippen LogP contribution in [0, 0.1) is 11.3 Å². The summed E-state index contributed by atoms with van der Waals surface area (Å²) >= 11 is 0. The molecule has 0 aliphatic rings. The summed E-state index contributed by atoms with van der Waals surface area (Å²) in [5.41, 5.74) is -0.0437. The summed E-state index contributed by atoms with van der Waals surface area (Å²) in [6, 6.07) is 7.77. The van der Waals surface area contributed by atoms with Gasteiger partial charge in [0.1, 0.15) is 11.8 Å². The van der Waals surface area contributed by atoms with E-state index in [0.717, 1.165) is 0 Å². The zero-order chi connectivity index (χ0) is 9.68. The highest BCUT2D eigenvalue weighted by atomic mass is 16.5. The van der Waals surface area contributed by atoms with E-state index < -0.39 is 5.97 Å². The SMILES string of the molecule is N#CCOc1ccccc1C(=O)[O-]. The van der Waals surface area contributed by atoms with Crippen LogP contribution in [0.3, 0.4) is 0 Å². The highest BCUT2D eigenvalue weighted by Gasteiger charge is 2.02. The fourth-order valence-corrected chi connectivity index (χ4v) is 0.871. The number of nitriles is 1. The van der Waals surface area contributed by atoms with Crippen molar-refractivity contribution in [2.24, 2.45) is 0 Å². The van der Waals surface area contributed by atoms with Crippen molar-refractivity contribution >= 4 is 5.97 Å². The molecular formula is C9H6NO3-. The van der Waals surface area contributed by atoms with E-state index in [-0.39, 0.29) is 17.9 Å². The number of hydrogen-bond acceptors (Lipinski definition) is 4. The maximum Gasteiger partial charge on any atom is 0.174 e. The zero-order valence-electron chi connectivity index (χ0n) is 6.69. The molecule has 0 heterocycles. The van der Waals surface area contributed by atoms with Gasteiger partial charge in [-0.05, 0) is 12.1 Å². The highest BCUT2D eigenvalue weighted by Crippen LogP contribution is 2.16. The van der Waals surface area contributed by atoms with Gasteiger partial charge in [-0.15, -0.1) is 0 Å². The Morgan fingerprint density at radius 2 is 2.23 bits per heavy atom. The molecule has 0 atom stereocenters. The second kappa shape index (κ2) is 4.12. The highest BCUT2D eigenvalue weighted by molar-refractivity contribution is 5.89. The van der Waals surface area contributed by atoms with Gasteiger partial charge in [-0.1, -0.05) is 12.1 Å². The molecule has 0 N–H and O–H groups in total. The Morgan fingerprint density at radius 1 is 1.54 bits per heavy atom. The summed E-state index contributed by atoms with van der Waals surface area (Å²) in [7, 11) is 0. The van der Waals surface area contributed by atoms with Gasteiger partial charge < -0.3 is 14.6 Å². The number of para-hydroxylation sites is 1. The van der Waals surface area contributed by atoms with Gasteiger partial charge in [0, 0.05) is 5.56 Å². The molecule has 0 unspecified atom stereocenters. The summed E-state index contributed by atoms with van der Waals surface area (Å²) in [5.74, 6) is -1.16. The van der Waals surface area contributed by atoms with Gasteiger partial charge in [-0.25, -0.2) is 0 Å². The first kappa shape index (κ1) is 9.07. The molecule has 0 aliphatic carbocycles. The molecule has 0 bridgehead atoms. The molecule has 0 aromatic heterocycles. The Kier molecular flexibility index (Phi) is 2.87. The first-order valence-corrected chi connectivity index (χ1v) is 3.56. The third kappa shape index (κ3) is 2.20. The van der Waals surface area contributed by atoms with Crippen molar-refractivity contribution in [3.8, 4) is 11.8 Å². The fraction of sp³-hybridized carbons (Fsp3) is 0.111. The van der Waals surface area contributed by atoms with Gasteiger partial charge in [0.15, 0.2) is 6.61 Å². The van der Waals surface area contributed by atoms with E-state index in [1.54, 1.807) is 18.2 Å².